The van der Waals surface area contributed by atoms with Crippen molar-refractivity contribution in [2.45, 2.75) is 6.92 Å². The molecule has 0 aliphatic rings. The normalized spacial score (nSPS) is 11.1. The van der Waals surface area contributed by atoms with E-state index in [-0.39, 0.29) is 0 Å². The molecule has 0 bridgehead atoms. The van der Waals surface area contributed by atoms with E-state index in [0.717, 1.165) is 72.8 Å². The highest BCUT2D eigenvalue weighted by Gasteiger charge is 2.15. The van der Waals surface area contributed by atoms with Gasteiger partial charge in [-0.1, -0.05) is 158 Å². The zero-order chi connectivity index (χ0) is 35.6. The Balaban J connectivity index is 1.17. The number of hydrogen-bond donors (Lipinski definition) is 0. The van der Waals surface area contributed by atoms with E-state index < -0.39 is 0 Å². The van der Waals surface area contributed by atoms with Crippen molar-refractivity contribution in [2.24, 2.45) is 0 Å². The molecule has 0 unspecified atom stereocenters. The van der Waals surface area contributed by atoms with Crippen LogP contribution in [0.25, 0.3) is 89.3 Å². The Labute approximate surface area is 310 Å². The van der Waals surface area contributed by atoms with Crippen molar-refractivity contribution in [3.05, 3.63) is 200 Å². The van der Waals surface area contributed by atoms with Gasteiger partial charge in [0, 0.05) is 27.9 Å². The molecule has 0 aliphatic carbocycles. The number of pyridine rings is 1. The number of rotatable bonds is 7. The molecule has 0 aliphatic heterocycles. The molecule has 9 aromatic rings. The van der Waals surface area contributed by atoms with Crippen LogP contribution in [0.4, 0.5) is 0 Å². The molecule has 3 heteroatoms. The summed E-state index contributed by atoms with van der Waals surface area (Å²) in [6.07, 6.45) is 0. The van der Waals surface area contributed by atoms with Crippen molar-refractivity contribution in [3.8, 4) is 78.5 Å². The molecule has 0 saturated heterocycles. The molecule has 0 radical (unpaired) electrons. The van der Waals surface area contributed by atoms with Crippen LogP contribution in [0.3, 0.4) is 0 Å². The van der Waals surface area contributed by atoms with E-state index in [0.29, 0.717) is 5.82 Å². The fourth-order valence-electron chi connectivity index (χ4n) is 7.04. The third kappa shape index (κ3) is 6.64. The van der Waals surface area contributed by atoms with Gasteiger partial charge < -0.3 is 0 Å². The van der Waals surface area contributed by atoms with Crippen LogP contribution in [0, 0.1) is 6.92 Å². The van der Waals surface area contributed by atoms with E-state index >= 15 is 0 Å². The average Bonchev–Trinajstić information content (AvgIpc) is 3.24. The average molecular weight is 678 g/mol. The Morgan fingerprint density at radius 3 is 1.43 bits per heavy atom. The van der Waals surface area contributed by atoms with Crippen LogP contribution in [0.2, 0.25) is 0 Å². The fourth-order valence-corrected chi connectivity index (χ4v) is 7.04. The van der Waals surface area contributed by atoms with Crippen LogP contribution >= 0.6 is 0 Å². The lowest BCUT2D eigenvalue weighted by Crippen LogP contribution is -1.97. The predicted molar refractivity (Wildman–Crippen MR) is 220 cm³/mol. The van der Waals surface area contributed by atoms with Crippen molar-refractivity contribution in [2.75, 3.05) is 0 Å². The van der Waals surface area contributed by atoms with Gasteiger partial charge in [-0.25, -0.2) is 9.97 Å². The Morgan fingerprint density at radius 1 is 0.302 bits per heavy atom. The molecule has 0 saturated carbocycles. The molecule has 250 valence electrons. The summed E-state index contributed by atoms with van der Waals surface area (Å²) >= 11 is 0. The zero-order valence-electron chi connectivity index (χ0n) is 29.3. The maximum absolute atomic E-state index is 5.20. The number of benzene rings is 7. The van der Waals surface area contributed by atoms with Gasteiger partial charge in [-0.05, 0) is 87.5 Å². The van der Waals surface area contributed by atoms with Gasteiger partial charge in [0.2, 0.25) is 0 Å². The molecule has 9 rings (SSSR count). The first kappa shape index (κ1) is 32.0. The summed E-state index contributed by atoms with van der Waals surface area (Å²) in [5.74, 6) is 0.688. The summed E-state index contributed by atoms with van der Waals surface area (Å²) in [7, 11) is 0. The third-order valence-electron chi connectivity index (χ3n) is 9.78. The number of nitrogens with zero attached hydrogens (tertiary/aromatic N) is 3. The molecule has 2 aromatic heterocycles. The molecule has 0 fully saturated rings. The van der Waals surface area contributed by atoms with Gasteiger partial charge in [0.1, 0.15) is 0 Å². The number of aromatic nitrogens is 3. The molecule has 0 spiro atoms. The Hall–Kier alpha value is -6.97. The van der Waals surface area contributed by atoms with E-state index in [1.54, 1.807) is 0 Å². The Kier molecular flexibility index (Phi) is 8.43. The summed E-state index contributed by atoms with van der Waals surface area (Å²) < 4.78 is 0. The standard InChI is InChI=1S/C50H35N3/c1-34-12-10-21-47(51-34)41-28-26-36(27-29-41)35-22-24-37(25-23-35)42-30-43(46-20-11-18-38-13-8-9-19-45(38)46)32-44(31-42)50-52-48(39-14-4-2-5-15-39)33-49(53-50)40-16-6-3-7-17-40/h2-33H,1H3. The minimum atomic E-state index is 0.688. The highest BCUT2D eigenvalue weighted by atomic mass is 14.9. The first-order chi connectivity index (χ1) is 26.1. The van der Waals surface area contributed by atoms with Crippen LogP contribution in [-0.4, -0.2) is 15.0 Å². The van der Waals surface area contributed by atoms with Gasteiger partial charge in [-0.2, -0.15) is 0 Å². The molecule has 0 amide bonds. The predicted octanol–water partition coefficient (Wildman–Crippen LogP) is 13.0. The smallest absolute Gasteiger partial charge is 0.160 e. The summed E-state index contributed by atoms with van der Waals surface area (Å²) in [5.41, 5.74) is 14.8. The van der Waals surface area contributed by atoms with Crippen LogP contribution in [0.1, 0.15) is 5.69 Å². The Morgan fingerprint density at radius 2 is 0.792 bits per heavy atom. The van der Waals surface area contributed by atoms with E-state index in [4.69, 9.17) is 15.0 Å². The maximum atomic E-state index is 5.20. The molecule has 0 atom stereocenters. The zero-order valence-corrected chi connectivity index (χ0v) is 29.3. The second-order valence-electron chi connectivity index (χ2n) is 13.3. The van der Waals surface area contributed by atoms with Crippen molar-refractivity contribution < 1.29 is 0 Å². The van der Waals surface area contributed by atoms with Crippen molar-refractivity contribution >= 4 is 10.8 Å². The molecule has 53 heavy (non-hydrogen) atoms. The van der Waals surface area contributed by atoms with E-state index in [1.165, 1.54) is 16.3 Å². The lowest BCUT2D eigenvalue weighted by atomic mass is 9.92. The van der Waals surface area contributed by atoms with Crippen molar-refractivity contribution in [3.63, 3.8) is 0 Å². The fraction of sp³-hybridized carbons (Fsp3) is 0.0200. The van der Waals surface area contributed by atoms with Crippen molar-refractivity contribution in [1.82, 2.24) is 15.0 Å². The van der Waals surface area contributed by atoms with Gasteiger partial charge in [0.05, 0.1) is 17.1 Å². The van der Waals surface area contributed by atoms with E-state index in [2.05, 4.69) is 176 Å². The van der Waals surface area contributed by atoms with Crippen LogP contribution in [0.15, 0.2) is 194 Å². The van der Waals surface area contributed by atoms with Crippen LogP contribution in [0.5, 0.6) is 0 Å². The van der Waals surface area contributed by atoms with Crippen LogP contribution in [-0.2, 0) is 0 Å². The second-order valence-corrected chi connectivity index (χ2v) is 13.3. The number of aryl methyl sites for hydroxylation is 1. The first-order valence-electron chi connectivity index (χ1n) is 17.9. The number of fused-ring (bicyclic) bond motifs is 1. The van der Waals surface area contributed by atoms with Gasteiger partial charge in [-0.3, -0.25) is 4.98 Å². The van der Waals surface area contributed by atoms with Gasteiger partial charge >= 0.3 is 0 Å². The summed E-state index contributed by atoms with van der Waals surface area (Å²) in [5, 5.41) is 2.42. The van der Waals surface area contributed by atoms with E-state index in [1.807, 2.05) is 25.1 Å². The lowest BCUT2D eigenvalue weighted by Gasteiger charge is -2.14. The largest absolute Gasteiger partial charge is 0.253 e. The molecular formula is C50H35N3. The quantitative estimate of drug-likeness (QED) is 0.169. The van der Waals surface area contributed by atoms with Gasteiger partial charge in [0.25, 0.3) is 0 Å². The lowest BCUT2D eigenvalue weighted by molar-refractivity contribution is 1.18. The van der Waals surface area contributed by atoms with Gasteiger partial charge in [-0.15, -0.1) is 0 Å². The summed E-state index contributed by atoms with van der Waals surface area (Å²) in [4.78, 5) is 15.1. The third-order valence-corrected chi connectivity index (χ3v) is 9.78. The van der Waals surface area contributed by atoms with E-state index in [9.17, 15) is 0 Å². The topological polar surface area (TPSA) is 38.7 Å². The summed E-state index contributed by atoms with van der Waals surface area (Å²) in [6.45, 7) is 2.02. The SMILES string of the molecule is Cc1cccc(-c2ccc(-c3ccc(-c4cc(-c5nc(-c6ccccc6)cc(-c6ccccc6)n5)cc(-c5cccc6ccccc56)c4)cc3)cc2)n1. The van der Waals surface area contributed by atoms with Crippen LogP contribution < -0.4 is 0 Å². The molecule has 0 N–H and O–H groups in total. The minimum Gasteiger partial charge on any atom is -0.253 e. The summed E-state index contributed by atoms with van der Waals surface area (Å²) in [6, 6.07) is 68.3. The monoisotopic (exact) mass is 677 g/mol. The van der Waals surface area contributed by atoms with Gasteiger partial charge in [0.15, 0.2) is 5.82 Å². The molecule has 3 nitrogen and oxygen atoms in total. The molecular weight excluding hydrogens is 643 g/mol. The molecule has 7 aromatic carbocycles. The molecule has 2 heterocycles. The van der Waals surface area contributed by atoms with Crippen molar-refractivity contribution in [1.29, 1.82) is 0 Å². The maximum Gasteiger partial charge on any atom is 0.160 e. The second kappa shape index (κ2) is 14.0. The first-order valence-corrected chi connectivity index (χ1v) is 17.9. The highest BCUT2D eigenvalue weighted by Crippen LogP contribution is 2.37. The highest BCUT2D eigenvalue weighted by molar-refractivity contribution is 5.98. The minimum absolute atomic E-state index is 0.688. The Bertz CT molecular complexity index is 2640. The number of hydrogen-bond acceptors (Lipinski definition) is 3.